The highest BCUT2D eigenvalue weighted by Gasteiger charge is 2.14. The van der Waals surface area contributed by atoms with Gasteiger partial charge in [0.15, 0.2) is 0 Å². The summed E-state index contributed by atoms with van der Waals surface area (Å²) in [6.07, 6.45) is 7.82. The van der Waals surface area contributed by atoms with Crippen molar-refractivity contribution in [1.29, 1.82) is 0 Å². The standard InChI is InChI=1S/C16H21N3O/c17-13-6-1-4-9-16(13)20-11-5-10-19-12-18-14-7-2-3-8-15(14)19/h1,4,6,9,12H,2-3,5,7-8,10-11,17H2. The molecule has 1 aromatic carbocycles. The second kappa shape index (κ2) is 5.99. The predicted molar refractivity (Wildman–Crippen MR) is 79.8 cm³/mol. The number of fused-ring (bicyclic) bond motifs is 1. The van der Waals surface area contributed by atoms with Gasteiger partial charge in [0.2, 0.25) is 0 Å². The number of imidazole rings is 1. The van der Waals surface area contributed by atoms with Crippen molar-refractivity contribution < 1.29 is 4.74 Å². The summed E-state index contributed by atoms with van der Waals surface area (Å²) in [5.74, 6) is 0.778. The van der Waals surface area contributed by atoms with Crippen molar-refractivity contribution in [3.63, 3.8) is 0 Å². The molecular formula is C16H21N3O. The summed E-state index contributed by atoms with van der Waals surface area (Å²) in [6, 6.07) is 7.63. The summed E-state index contributed by atoms with van der Waals surface area (Å²) < 4.78 is 8.00. The molecule has 0 amide bonds. The molecule has 0 saturated heterocycles. The molecule has 0 atom stereocenters. The zero-order valence-corrected chi connectivity index (χ0v) is 11.7. The van der Waals surface area contributed by atoms with Gasteiger partial charge in [-0.25, -0.2) is 4.98 Å². The van der Waals surface area contributed by atoms with Crippen LogP contribution in [-0.2, 0) is 19.4 Å². The van der Waals surface area contributed by atoms with Crippen LogP contribution in [0.1, 0.15) is 30.7 Å². The van der Waals surface area contributed by atoms with Crippen molar-refractivity contribution in [1.82, 2.24) is 9.55 Å². The van der Waals surface area contributed by atoms with E-state index in [9.17, 15) is 0 Å². The molecule has 0 aliphatic heterocycles. The zero-order valence-electron chi connectivity index (χ0n) is 11.7. The van der Waals surface area contributed by atoms with Gasteiger partial charge in [-0.15, -0.1) is 0 Å². The molecule has 20 heavy (non-hydrogen) atoms. The van der Waals surface area contributed by atoms with E-state index in [1.54, 1.807) is 0 Å². The number of ether oxygens (including phenoxy) is 1. The third-order valence-electron chi connectivity index (χ3n) is 3.83. The summed E-state index contributed by atoms with van der Waals surface area (Å²) in [5, 5.41) is 0. The average molecular weight is 271 g/mol. The van der Waals surface area contributed by atoms with Crippen LogP contribution in [0, 0.1) is 0 Å². The molecule has 0 unspecified atom stereocenters. The van der Waals surface area contributed by atoms with Gasteiger partial charge in [0.05, 0.1) is 24.3 Å². The molecule has 1 aliphatic rings. The maximum Gasteiger partial charge on any atom is 0.142 e. The molecule has 1 heterocycles. The minimum Gasteiger partial charge on any atom is -0.491 e. The molecule has 1 aromatic heterocycles. The van der Waals surface area contributed by atoms with E-state index in [-0.39, 0.29) is 0 Å². The topological polar surface area (TPSA) is 53.1 Å². The van der Waals surface area contributed by atoms with Crippen LogP contribution >= 0.6 is 0 Å². The van der Waals surface area contributed by atoms with Gasteiger partial charge < -0.3 is 15.0 Å². The highest BCUT2D eigenvalue weighted by molar-refractivity contribution is 5.51. The smallest absolute Gasteiger partial charge is 0.142 e. The molecule has 0 bridgehead atoms. The van der Waals surface area contributed by atoms with E-state index in [1.807, 2.05) is 30.6 Å². The number of nitrogens with zero attached hydrogens (tertiary/aromatic N) is 2. The van der Waals surface area contributed by atoms with Gasteiger partial charge in [0, 0.05) is 12.2 Å². The Kier molecular flexibility index (Phi) is 3.90. The second-order valence-electron chi connectivity index (χ2n) is 5.28. The van der Waals surface area contributed by atoms with Crippen LogP contribution in [0.2, 0.25) is 0 Å². The van der Waals surface area contributed by atoms with Gasteiger partial charge in [-0.1, -0.05) is 12.1 Å². The van der Waals surface area contributed by atoms with E-state index in [0.717, 1.165) is 25.1 Å². The Bertz CT molecular complexity index is 577. The Morgan fingerprint density at radius 2 is 2.05 bits per heavy atom. The third kappa shape index (κ3) is 2.79. The lowest BCUT2D eigenvalue weighted by atomic mass is 10.0. The van der Waals surface area contributed by atoms with Gasteiger partial charge in [-0.3, -0.25) is 0 Å². The first kappa shape index (κ1) is 13.0. The summed E-state index contributed by atoms with van der Waals surface area (Å²) in [5.41, 5.74) is 9.27. The van der Waals surface area contributed by atoms with E-state index in [0.29, 0.717) is 12.3 Å². The molecule has 4 heteroatoms. The van der Waals surface area contributed by atoms with E-state index < -0.39 is 0 Å². The second-order valence-corrected chi connectivity index (χ2v) is 5.28. The molecule has 4 nitrogen and oxygen atoms in total. The molecule has 1 aliphatic carbocycles. The fraction of sp³-hybridized carbons (Fsp3) is 0.438. The SMILES string of the molecule is Nc1ccccc1OCCCn1cnc2c1CCCC2. The number of rotatable bonds is 5. The lowest BCUT2D eigenvalue weighted by molar-refractivity contribution is 0.302. The minimum atomic E-state index is 0.682. The van der Waals surface area contributed by atoms with Gasteiger partial charge >= 0.3 is 0 Å². The molecule has 106 valence electrons. The maximum atomic E-state index is 5.85. The Morgan fingerprint density at radius 3 is 2.95 bits per heavy atom. The van der Waals surface area contributed by atoms with Gasteiger partial charge in [0.1, 0.15) is 5.75 Å². The van der Waals surface area contributed by atoms with Crippen molar-refractivity contribution in [3.05, 3.63) is 42.0 Å². The van der Waals surface area contributed by atoms with E-state index in [2.05, 4.69) is 9.55 Å². The first-order valence-corrected chi connectivity index (χ1v) is 7.35. The van der Waals surface area contributed by atoms with Crippen LogP contribution < -0.4 is 10.5 Å². The van der Waals surface area contributed by atoms with Gasteiger partial charge in [-0.05, 0) is 44.2 Å². The first-order valence-electron chi connectivity index (χ1n) is 7.35. The fourth-order valence-electron chi connectivity index (χ4n) is 2.75. The molecule has 3 rings (SSSR count). The molecule has 0 fully saturated rings. The van der Waals surface area contributed by atoms with Crippen molar-refractivity contribution in [3.8, 4) is 5.75 Å². The average Bonchev–Trinajstić information content (AvgIpc) is 2.89. The largest absolute Gasteiger partial charge is 0.491 e. The Labute approximate surface area is 119 Å². The number of aryl methyl sites for hydroxylation is 2. The van der Waals surface area contributed by atoms with E-state index in [4.69, 9.17) is 10.5 Å². The number of hydrogen-bond donors (Lipinski definition) is 1. The van der Waals surface area contributed by atoms with Crippen LogP contribution in [0.5, 0.6) is 5.75 Å². The van der Waals surface area contributed by atoms with Crippen LogP contribution in [0.4, 0.5) is 5.69 Å². The Morgan fingerprint density at radius 1 is 1.20 bits per heavy atom. The molecule has 2 N–H and O–H groups in total. The van der Waals surface area contributed by atoms with E-state index >= 15 is 0 Å². The third-order valence-corrected chi connectivity index (χ3v) is 3.83. The number of nitrogens with two attached hydrogens (primary N) is 1. The van der Waals surface area contributed by atoms with Crippen molar-refractivity contribution in [2.24, 2.45) is 0 Å². The van der Waals surface area contributed by atoms with Crippen molar-refractivity contribution >= 4 is 5.69 Å². The summed E-state index contributed by atoms with van der Waals surface area (Å²) >= 11 is 0. The number of nitrogen functional groups attached to an aromatic ring is 1. The molecule has 2 aromatic rings. The van der Waals surface area contributed by atoms with Crippen molar-refractivity contribution in [2.75, 3.05) is 12.3 Å². The summed E-state index contributed by atoms with van der Waals surface area (Å²) in [7, 11) is 0. The molecule has 0 spiro atoms. The van der Waals surface area contributed by atoms with Crippen LogP contribution in [0.25, 0.3) is 0 Å². The molecule has 0 saturated carbocycles. The number of para-hydroxylation sites is 2. The van der Waals surface area contributed by atoms with Crippen LogP contribution in [0.15, 0.2) is 30.6 Å². The first-order chi connectivity index (χ1) is 9.84. The normalized spacial score (nSPS) is 14.0. The summed E-state index contributed by atoms with van der Waals surface area (Å²) in [6.45, 7) is 1.65. The zero-order chi connectivity index (χ0) is 13.8. The summed E-state index contributed by atoms with van der Waals surface area (Å²) in [4.78, 5) is 4.51. The van der Waals surface area contributed by atoms with Crippen molar-refractivity contribution in [2.45, 2.75) is 38.6 Å². The van der Waals surface area contributed by atoms with Gasteiger partial charge in [0.25, 0.3) is 0 Å². The van der Waals surface area contributed by atoms with Crippen LogP contribution in [0.3, 0.4) is 0 Å². The monoisotopic (exact) mass is 271 g/mol. The quantitative estimate of drug-likeness (QED) is 0.672. The Balaban J connectivity index is 1.51. The highest BCUT2D eigenvalue weighted by Crippen LogP contribution is 2.21. The predicted octanol–water partition coefficient (Wildman–Crippen LogP) is 2.81. The maximum absolute atomic E-state index is 5.85. The number of aromatic nitrogens is 2. The number of hydrogen-bond acceptors (Lipinski definition) is 3. The van der Waals surface area contributed by atoms with Crippen LogP contribution in [-0.4, -0.2) is 16.2 Å². The number of benzene rings is 1. The molecular weight excluding hydrogens is 250 g/mol. The highest BCUT2D eigenvalue weighted by atomic mass is 16.5. The van der Waals surface area contributed by atoms with E-state index in [1.165, 1.54) is 30.7 Å². The fourth-order valence-corrected chi connectivity index (χ4v) is 2.75. The van der Waals surface area contributed by atoms with Gasteiger partial charge in [-0.2, -0.15) is 0 Å². The lowest BCUT2D eigenvalue weighted by Crippen LogP contribution is -2.10. The minimum absolute atomic E-state index is 0.682. The number of anilines is 1. The Hall–Kier alpha value is -1.97. The molecule has 0 radical (unpaired) electrons. The lowest BCUT2D eigenvalue weighted by Gasteiger charge is -2.14.